The van der Waals surface area contributed by atoms with E-state index in [-0.39, 0.29) is 24.7 Å². The number of halogens is 3. The molecule has 0 saturated carbocycles. The van der Waals surface area contributed by atoms with Crippen LogP contribution in [0.4, 0.5) is 13.2 Å². The largest absolute Gasteiger partial charge is 0.489 e. The van der Waals surface area contributed by atoms with Gasteiger partial charge in [-0.05, 0) is 36.8 Å². The van der Waals surface area contributed by atoms with Gasteiger partial charge in [0.2, 0.25) is 0 Å². The number of hydrogen-bond acceptors (Lipinski definition) is 3. The molecule has 2 aromatic rings. The molecular weight excluding hydrogens is 359 g/mol. The first-order valence-electron chi connectivity index (χ1n) is 8.53. The molecule has 0 aliphatic carbocycles. The summed E-state index contributed by atoms with van der Waals surface area (Å²) >= 11 is 0. The van der Waals surface area contributed by atoms with Crippen molar-refractivity contribution in [1.82, 2.24) is 10.6 Å². The summed E-state index contributed by atoms with van der Waals surface area (Å²) < 4.78 is 44.5. The van der Waals surface area contributed by atoms with Crippen molar-refractivity contribution >= 4 is 5.96 Å². The predicted octanol–water partition coefficient (Wildman–Crippen LogP) is 2.77. The van der Waals surface area contributed by atoms with Crippen LogP contribution in [0.15, 0.2) is 47.5 Å². The number of nitrogens with zero attached hydrogens (tertiary/aromatic N) is 1. The van der Waals surface area contributed by atoms with Gasteiger partial charge >= 0.3 is 0 Å². The van der Waals surface area contributed by atoms with Crippen LogP contribution in [0.5, 0.6) is 5.75 Å². The Balaban J connectivity index is 1.83. The minimum Gasteiger partial charge on any atom is -0.489 e. The molecule has 5 nitrogen and oxygen atoms in total. The third-order valence-corrected chi connectivity index (χ3v) is 3.57. The second-order valence-electron chi connectivity index (χ2n) is 5.64. The van der Waals surface area contributed by atoms with Crippen LogP contribution in [0.25, 0.3) is 0 Å². The van der Waals surface area contributed by atoms with Gasteiger partial charge in [0, 0.05) is 12.6 Å². The molecule has 146 valence electrons. The van der Waals surface area contributed by atoms with E-state index in [0.29, 0.717) is 24.6 Å². The van der Waals surface area contributed by atoms with Crippen LogP contribution in [0, 0.1) is 17.5 Å². The minimum atomic E-state index is -0.870. The fraction of sp³-hybridized carbons (Fsp3) is 0.316. The molecule has 0 aliphatic rings. The predicted molar refractivity (Wildman–Crippen MR) is 97.2 cm³/mol. The minimum absolute atomic E-state index is 0.0353. The molecule has 0 amide bonds. The molecular formula is C19H22F3N3O2. The highest BCUT2D eigenvalue weighted by molar-refractivity contribution is 5.79. The van der Waals surface area contributed by atoms with E-state index in [9.17, 15) is 18.3 Å². The topological polar surface area (TPSA) is 65.9 Å². The monoisotopic (exact) mass is 381 g/mol. The number of guanidine groups is 1. The molecule has 1 atom stereocenters. The number of rotatable bonds is 8. The van der Waals surface area contributed by atoms with Crippen molar-refractivity contribution in [2.24, 2.45) is 4.99 Å². The van der Waals surface area contributed by atoms with Gasteiger partial charge in [-0.2, -0.15) is 0 Å². The Morgan fingerprint density at radius 2 is 1.78 bits per heavy atom. The lowest BCUT2D eigenvalue weighted by Gasteiger charge is -2.14. The molecule has 8 heteroatoms. The standard InChI is InChI=1S/C19H22F3N3O2/c1-2-23-19(25-12-17(26)13-3-5-14(20)6-4-13)24-9-10-27-18-8-7-15(21)11-16(18)22/h3-8,11,17,26H,2,9-10,12H2,1H3,(H2,23,24,25). The van der Waals surface area contributed by atoms with E-state index in [1.54, 1.807) is 0 Å². The molecule has 0 spiro atoms. The van der Waals surface area contributed by atoms with Gasteiger partial charge < -0.3 is 20.5 Å². The number of benzene rings is 2. The Morgan fingerprint density at radius 1 is 1.07 bits per heavy atom. The van der Waals surface area contributed by atoms with E-state index in [2.05, 4.69) is 15.6 Å². The maximum atomic E-state index is 13.5. The molecule has 0 saturated heterocycles. The zero-order chi connectivity index (χ0) is 19.6. The molecule has 0 aliphatic heterocycles. The van der Waals surface area contributed by atoms with Crippen LogP contribution in [-0.2, 0) is 0 Å². The van der Waals surface area contributed by atoms with Gasteiger partial charge in [0.1, 0.15) is 18.2 Å². The summed E-state index contributed by atoms with van der Waals surface area (Å²) in [7, 11) is 0. The summed E-state index contributed by atoms with van der Waals surface area (Å²) in [5.41, 5.74) is 0.561. The molecule has 0 aromatic heterocycles. The first kappa shape index (κ1) is 20.6. The molecule has 1 unspecified atom stereocenters. The quantitative estimate of drug-likeness (QED) is 0.374. The third-order valence-electron chi connectivity index (χ3n) is 3.57. The number of ether oxygens (including phenoxy) is 1. The number of nitrogens with one attached hydrogen (secondary N) is 2. The highest BCUT2D eigenvalue weighted by atomic mass is 19.1. The van der Waals surface area contributed by atoms with Crippen LogP contribution in [-0.4, -0.2) is 37.3 Å². The average molecular weight is 381 g/mol. The van der Waals surface area contributed by atoms with Crippen LogP contribution >= 0.6 is 0 Å². The Labute approximate surface area is 155 Å². The van der Waals surface area contributed by atoms with Crippen molar-refractivity contribution in [2.45, 2.75) is 13.0 Å². The summed E-state index contributed by atoms with van der Waals surface area (Å²) in [4.78, 5) is 4.26. The van der Waals surface area contributed by atoms with Gasteiger partial charge in [-0.1, -0.05) is 12.1 Å². The fourth-order valence-corrected chi connectivity index (χ4v) is 2.23. The van der Waals surface area contributed by atoms with E-state index in [4.69, 9.17) is 4.74 Å². The van der Waals surface area contributed by atoms with Gasteiger partial charge in [0.25, 0.3) is 0 Å². The Kier molecular flexibility index (Phi) is 7.94. The van der Waals surface area contributed by atoms with Crippen molar-refractivity contribution in [1.29, 1.82) is 0 Å². The number of aliphatic imine (C=N–C) groups is 1. The van der Waals surface area contributed by atoms with Crippen LogP contribution in [0.1, 0.15) is 18.6 Å². The van der Waals surface area contributed by atoms with Gasteiger partial charge in [-0.3, -0.25) is 4.99 Å². The zero-order valence-corrected chi connectivity index (χ0v) is 14.9. The molecule has 3 N–H and O–H groups in total. The van der Waals surface area contributed by atoms with E-state index in [1.165, 1.54) is 30.3 Å². The van der Waals surface area contributed by atoms with Crippen LogP contribution in [0.3, 0.4) is 0 Å². The van der Waals surface area contributed by atoms with Crippen molar-refractivity contribution in [3.05, 3.63) is 65.5 Å². The second-order valence-corrected chi connectivity index (χ2v) is 5.64. The lowest BCUT2D eigenvalue weighted by Crippen LogP contribution is -2.39. The first-order chi connectivity index (χ1) is 13.0. The fourth-order valence-electron chi connectivity index (χ4n) is 2.23. The van der Waals surface area contributed by atoms with Gasteiger partial charge in [-0.25, -0.2) is 13.2 Å². The molecule has 27 heavy (non-hydrogen) atoms. The summed E-state index contributed by atoms with van der Waals surface area (Å²) in [6, 6.07) is 8.65. The van der Waals surface area contributed by atoms with Gasteiger partial charge in [0.05, 0.1) is 19.2 Å². The smallest absolute Gasteiger partial charge is 0.191 e. The Hall–Kier alpha value is -2.74. The maximum absolute atomic E-state index is 13.5. The lowest BCUT2D eigenvalue weighted by atomic mass is 10.1. The molecule has 0 radical (unpaired) electrons. The van der Waals surface area contributed by atoms with E-state index < -0.39 is 17.7 Å². The Bertz CT molecular complexity index is 754. The van der Waals surface area contributed by atoms with Crippen molar-refractivity contribution in [3.8, 4) is 5.75 Å². The van der Waals surface area contributed by atoms with Gasteiger partial charge in [-0.15, -0.1) is 0 Å². The lowest BCUT2D eigenvalue weighted by molar-refractivity contribution is 0.187. The first-order valence-corrected chi connectivity index (χ1v) is 8.53. The number of hydrogen-bond donors (Lipinski definition) is 3. The van der Waals surface area contributed by atoms with E-state index in [1.807, 2.05) is 6.92 Å². The maximum Gasteiger partial charge on any atom is 0.191 e. The normalized spacial score (nSPS) is 12.6. The molecule has 2 aromatic carbocycles. The summed E-state index contributed by atoms with van der Waals surface area (Å²) in [6.07, 6.45) is -0.870. The van der Waals surface area contributed by atoms with Crippen molar-refractivity contribution in [3.63, 3.8) is 0 Å². The second kappa shape index (κ2) is 10.4. The van der Waals surface area contributed by atoms with Crippen LogP contribution < -0.4 is 15.4 Å². The van der Waals surface area contributed by atoms with Crippen LogP contribution in [0.2, 0.25) is 0 Å². The van der Waals surface area contributed by atoms with Crippen molar-refractivity contribution in [2.75, 3.05) is 26.2 Å². The number of aliphatic hydroxyl groups excluding tert-OH is 1. The van der Waals surface area contributed by atoms with Crippen molar-refractivity contribution < 1.29 is 23.0 Å². The Morgan fingerprint density at radius 3 is 2.44 bits per heavy atom. The SMILES string of the molecule is CCNC(=NCC(O)c1ccc(F)cc1)NCCOc1ccc(F)cc1F. The highest BCUT2D eigenvalue weighted by Crippen LogP contribution is 2.17. The zero-order valence-electron chi connectivity index (χ0n) is 14.9. The molecule has 0 fully saturated rings. The highest BCUT2D eigenvalue weighted by Gasteiger charge is 2.08. The van der Waals surface area contributed by atoms with E-state index >= 15 is 0 Å². The molecule has 2 rings (SSSR count). The van der Waals surface area contributed by atoms with E-state index in [0.717, 1.165) is 12.1 Å². The van der Waals surface area contributed by atoms with Gasteiger partial charge in [0.15, 0.2) is 17.5 Å². The third kappa shape index (κ3) is 6.82. The number of aliphatic hydroxyl groups is 1. The summed E-state index contributed by atoms with van der Waals surface area (Å²) in [5, 5.41) is 16.1. The molecule has 0 bridgehead atoms. The average Bonchev–Trinajstić information content (AvgIpc) is 2.64. The summed E-state index contributed by atoms with van der Waals surface area (Å²) in [5.74, 6) is -1.40. The molecule has 0 heterocycles. The summed E-state index contributed by atoms with van der Waals surface area (Å²) in [6.45, 7) is 3.01.